The highest BCUT2D eigenvalue weighted by molar-refractivity contribution is 9.10. The van der Waals surface area contributed by atoms with E-state index in [0.717, 1.165) is 30.2 Å². The van der Waals surface area contributed by atoms with Gasteiger partial charge >= 0.3 is 0 Å². The van der Waals surface area contributed by atoms with E-state index >= 15 is 0 Å². The van der Waals surface area contributed by atoms with E-state index in [9.17, 15) is 14.4 Å². The highest BCUT2D eigenvalue weighted by atomic mass is 79.9. The van der Waals surface area contributed by atoms with Crippen molar-refractivity contribution in [2.75, 3.05) is 4.90 Å². The number of amides is 3. The van der Waals surface area contributed by atoms with Gasteiger partial charge in [0.25, 0.3) is 5.91 Å². The molecule has 0 spiro atoms. The van der Waals surface area contributed by atoms with Gasteiger partial charge in [0.05, 0.1) is 12.1 Å². The number of rotatable bonds is 3. The fraction of sp³-hybridized carbons (Fsp3) is 0.526. The summed E-state index contributed by atoms with van der Waals surface area (Å²) >= 11 is 3.36. The van der Waals surface area contributed by atoms with Crippen LogP contribution in [0.2, 0.25) is 0 Å². The first kappa shape index (κ1) is 18.1. The maximum Gasteiger partial charge on any atom is 0.257 e. The van der Waals surface area contributed by atoms with Gasteiger partial charge in [0, 0.05) is 17.4 Å². The SMILES string of the molecule is CC(=O)N(C1CCCCCC1)C1CC(=O)N(c2ccc(Br)cc2)C1=O. The molecule has 0 bridgehead atoms. The largest absolute Gasteiger partial charge is 0.327 e. The van der Waals surface area contributed by atoms with Gasteiger partial charge < -0.3 is 4.90 Å². The van der Waals surface area contributed by atoms with Gasteiger partial charge in [-0.15, -0.1) is 0 Å². The summed E-state index contributed by atoms with van der Waals surface area (Å²) in [6, 6.07) is 6.48. The number of halogens is 1. The first-order valence-electron chi connectivity index (χ1n) is 8.90. The van der Waals surface area contributed by atoms with Crippen LogP contribution in [0, 0.1) is 0 Å². The Morgan fingerprint density at radius 2 is 1.68 bits per heavy atom. The van der Waals surface area contributed by atoms with Gasteiger partial charge in [0.15, 0.2) is 0 Å². The predicted octanol–water partition coefficient (Wildman–Crippen LogP) is 3.65. The average molecular weight is 407 g/mol. The molecule has 1 aliphatic heterocycles. The highest BCUT2D eigenvalue weighted by Gasteiger charge is 2.45. The Bertz CT molecular complexity index is 666. The monoisotopic (exact) mass is 406 g/mol. The Balaban J connectivity index is 1.85. The first-order valence-corrected chi connectivity index (χ1v) is 9.69. The van der Waals surface area contributed by atoms with Crippen molar-refractivity contribution in [2.45, 2.75) is 64.0 Å². The van der Waals surface area contributed by atoms with Crippen molar-refractivity contribution in [3.05, 3.63) is 28.7 Å². The molecule has 1 saturated carbocycles. The summed E-state index contributed by atoms with van der Waals surface area (Å²) in [4.78, 5) is 40.7. The van der Waals surface area contributed by atoms with E-state index in [1.165, 1.54) is 24.7 Å². The maximum atomic E-state index is 13.0. The molecule has 1 heterocycles. The average Bonchev–Trinajstić information content (AvgIpc) is 2.76. The van der Waals surface area contributed by atoms with Crippen LogP contribution in [0.4, 0.5) is 5.69 Å². The van der Waals surface area contributed by atoms with Crippen LogP contribution in [0.5, 0.6) is 0 Å². The van der Waals surface area contributed by atoms with E-state index in [0.29, 0.717) is 5.69 Å². The van der Waals surface area contributed by atoms with Crippen molar-refractivity contribution in [1.29, 1.82) is 0 Å². The van der Waals surface area contributed by atoms with Crippen LogP contribution >= 0.6 is 15.9 Å². The molecule has 1 saturated heterocycles. The minimum atomic E-state index is -0.670. The van der Waals surface area contributed by atoms with Crippen molar-refractivity contribution in [3.8, 4) is 0 Å². The number of anilines is 1. The third-order valence-corrected chi connectivity index (χ3v) is 5.65. The van der Waals surface area contributed by atoms with Crippen molar-refractivity contribution in [3.63, 3.8) is 0 Å². The van der Waals surface area contributed by atoms with E-state index in [2.05, 4.69) is 15.9 Å². The van der Waals surface area contributed by atoms with E-state index < -0.39 is 6.04 Å². The Kier molecular flexibility index (Phi) is 5.57. The van der Waals surface area contributed by atoms with Crippen LogP contribution in [0.1, 0.15) is 51.9 Å². The zero-order valence-corrected chi connectivity index (χ0v) is 16.0. The second kappa shape index (κ2) is 7.68. The number of benzene rings is 1. The number of carbonyl (C=O) groups excluding carboxylic acids is 3. The first-order chi connectivity index (χ1) is 12.0. The molecule has 2 fully saturated rings. The maximum absolute atomic E-state index is 13.0. The van der Waals surface area contributed by atoms with Gasteiger partial charge in [-0.05, 0) is 37.1 Å². The van der Waals surface area contributed by atoms with Gasteiger partial charge in [0.2, 0.25) is 11.8 Å². The third kappa shape index (κ3) is 3.78. The van der Waals surface area contributed by atoms with Crippen LogP contribution in [-0.4, -0.2) is 34.7 Å². The topological polar surface area (TPSA) is 57.7 Å². The standard InChI is InChI=1S/C19H23BrN2O3/c1-13(23)21(15-6-4-2-3-5-7-15)17-12-18(24)22(19(17)25)16-10-8-14(20)9-11-16/h8-11,15,17H,2-7,12H2,1H3. The molecule has 3 amide bonds. The number of hydrogen-bond donors (Lipinski definition) is 0. The molecular weight excluding hydrogens is 384 g/mol. The number of carbonyl (C=O) groups is 3. The highest BCUT2D eigenvalue weighted by Crippen LogP contribution is 2.31. The lowest BCUT2D eigenvalue weighted by atomic mass is 10.0. The van der Waals surface area contributed by atoms with Crippen LogP contribution in [-0.2, 0) is 14.4 Å². The lowest BCUT2D eigenvalue weighted by Gasteiger charge is -2.34. The molecule has 134 valence electrons. The summed E-state index contributed by atoms with van der Waals surface area (Å²) in [7, 11) is 0. The minimum absolute atomic E-state index is 0.0617. The van der Waals surface area contributed by atoms with Crippen LogP contribution in [0.3, 0.4) is 0 Å². The molecule has 1 aromatic carbocycles. The molecule has 0 N–H and O–H groups in total. The third-order valence-electron chi connectivity index (χ3n) is 5.13. The van der Waals surface area contributed by atoms with Gasteiger partial charge in [-0.2, -0.15) is 0 Å². The Morgan fingerprint density at radius 3 is 2.24 bits per heavy atom. The Hall–Kier alpha value is -1.69. The molecule has 0 aromatic heterocycles. The fourth-order valence-corrected chi connectivity index (χ4v) is 4.23. The Morgan fingerprint density at radius 1 is 1.08 bits per heavy atom. The molecule has 1 atom stereocenters. The van der Waals surface area contributed by atoms with E-state index in [1.54, 1.807) is 29.2 Å². The molecule has 0 radical (unpaired) electrons. The van der Waals surface area contributed by atoms with Gasteiger partial charge in [0.1, 0.15) is 6.04 Å². The minimum Gasteiger partial charge on any atom is -0.327 e. The molecule has 2 aliphatic rings. The van der Waals surface area contributed by atoms with Crippen LogP contribution < -0.4 is 4.90 Å². The van der Waals surface area contributed by atoms with Gasteiger partial charge in [-0.25, -0.2) is 4.90 Å². The quantitative estimate of drug-likeness (QED) is 0.568. The summed E-state index contributed by atoms with van der Waals surface area (Å²) in [5, 5.41) is 0. The number of hydrogen-bond acceptors (Lipinski definition) is 3. The van der Waals surface area contributed by atoms with Crippen molar-refractivity contribution in [2.24, 2.45) is 0 Å². The lowest BCUT2D eigenvalue weighted by Crippen LogP contribution is -2.49. The summed E-state index contributed by atoms with van der Waals surface area (Å²) in [5.41, 5.74) is 0.560. The molecule has 6 heteroatoms. The molecule has 1 unspecified atom stereocenters. The van der Waals surface area contributed by atoms with Gasteiger partial charge in [-0.1, -0.05) is 41.6 Å². The van der Waals surface area contributed by atoms with E-state index in [-0.39, 0.29) is 30.2 Å². The van der Waals surface area contributed by atoms with E-state index in [1.807, 2.05) is 0 Å². The molecule has 25 heavy (non-hydrogen) atoms. The molecule has 1 aliphatic carbocycles. The zero-order valence-electron chi connectivity index (χ0n) is 14.4. The van der Waals surface area contributed by atoms with Crippen LogP contribution in [0.25, 0.3) is 0 Å². The fourth-order valence-electron chi connectivity index (χ4n) is 3.96. The normalized spacial score (nSPS) is 22.2. The number of nitrogens with zero attached hydrogens (tertiary/aromatic N) is 2. The summed E-state index contributed by atoms with van der Waals surface area (Å²) < 4.78 is 0.885. The Labute approximate surface area is 156 Å². The lowest BCUT2D eigenvalue weighted by molar-refractivity contribution is -0.139. The summed E-state index contributed by atoms with van der Waals surface area (Å²) in [5.74, 6) is -0.639. The molecular formula is C19H23BrN2O3. The summed E-state index contributed by atoms with van der Waals surface area (Å²) in [6.45, 7) is 1.50. The van der Waals surface area contributed by atoms with Crippen molar-refractivity contribution in [1.82, 2.24) is 4.90 Å². The molecule has 5 nitrogen and oxygen atoms in total. The van der Waals surface area contributed by atoms with E-state index in [4.69, 9.17) is 0 Å². The second-order valence-electron chi connectivity index (χ2n) is 6.84. The zero-order chi connectivity index (χ0) is 18.0. The van der Waals surface area contributed by atoms with Crippen molar-refractivity contribution < 1.29 is 14.4 Å². The number of imide groups is 1. The summed E-state index contributed by atoms with van der Waals surface area (Å²) in [6.07, 6.45) is 6.38. The molecule has 1 aromatic rings. The predicted molar refractivity (Wildman–Crippen MR) is 99.1 cm³/mol. The van der Waals surface area contributed by atoms with Crippen LogP contribution in [0.15, 0.2) is 28.7 Å². The van der Waals surface area contributed by atoms with Crippen molar-refractivity contribution >= 4 is 39.3 Å². The second-order valence-corrected chi connectivity index (χ2v) is 7.75. The molecule has 3 rings (SSSR count). The smallest absolute Gasteiger partial charge is 0.257 e. The van der Waals surface area contributed by atoms with Gasteiger partial charge in [-0.3, -0.25) is 14.4 Å².